The summed E-state index contributed by atoms with van der Waals surface area (Å²) in [7, 11) is -3.23. The van der Waals surface area contributed by atoms with E-state index in [1.54, 1.807) is 24.3 Å². The maximum atomic E-state index is 12.3. The zero-order chi connectivity index (χ0) is 15.5. The Morgan fingerprint density at radius 1 is 1.29 bits per heavy atom. The van der Waals surface area contributed by atoms with Crippen molar-refractivity contribution in [2.45, 2.75) is 30.7 Å². The van der Waals surface area contributed by atoms with Gasteiger partial charge in [-0.3, -0.25) is 0 Å². The minimum atomic E-state index is -3.23. The quantitative estimate of drug-likeness (QED) is 0.898. The molecule has 0 spiro atoms. The number of sulfone groups is 1. The van der Waals surface area contributed by atoms with Crippen molar-refractivity contribution in [1.29, 1.82) is 0 Å². The van der Waals surface area contributed by atoms with Gasteiger partial charge in [-0.25, -0.2) is 8.42 Å². The Labute approximate surface area is 132 Å². The van der Waals surface area contributed by atoms with E-state index in [0.29, 0.717) is 22.4 Å². The van der Waals surface area contributed by atoms with Crippen molar-refractivity contribution in [1.82, 2.24) is 4.90 Å². The van der Waals surface area contributed by atoms with Crippen molar-refractivity contribution in [3.63, 3.8) is 0 Å². The maximum absolute atomic E-state index is 12.3. The Hall–Kier alpha value is -0.620. The lowest BCUT2D eigenvalue weighted by molar-refractivity contribution is 0.180. The van der Waals surface area contributed by atoms with Gasteiger partial charge in [-0.2, -0.15) is 0 Å². The number of nitrogens with two attached hydrogens (primary N) is 1. The Morgan fingerprint density at radius 3 is 2.38 bits per heavy atom. The molecule has 1 fully saturated rings. The Kier molecular flexibility index (Phi) is 5.66. The molecule has 21 heavy (non-hydrogen) atoms. The summed E-state index contributed by atoms with van der Waals surface area (Å²) in [4.78, 5) is 2.56. The molecule has 4 nitrogen and oxygen atoms in total. The van der Waals surface area contributed by atoms with Gasteiger partial charge in [0, 0.05) is 17.6 Å². The smallest absolute Gasteiger partial charge is 0.179 e. The number of halogens is 1. The van der Waals surface area contributed by atoms with Gasteiger partial charge >= 0.3 is 0 Å². The van der Waals surface area contributed by atoms with Crippen LogP contribution in [0.1, 0.15) is 19.8 Å². The van der Waals surface area contributed by atoms with Crippen LogP contribution in [0.5, 0.6) is 0 Å². The predicted molar refractivity (Wildman–Crippen MR) is 86.3 cm³/mol. The first-order valence-corrected chi connectivity index (χ1v) is 9.38. The second-order valence-corrected chi connectivity index (χ2v) is 8.36. The van der Waals surface area contributed by atoms with E-state index >= 15 is 0 Å². The van der Waals surface area contributed by atoms with Gasteiger partial charge in [-0.15, -0.1) is 0 Å². The lowest BCUT2D eigenvalue weighted by atomic mass is 9.91. The van der Waals surface area contributed by atoms with Crippen molar-refractivity contribution in [2.24, 2.45) is 11.7 Å². The fraction of sp³-hybridized carbons (Fsp3) is 0.600. The number of rotatable bonds is 5. The van der Waals surface area contributed by atoms with Crippen molar-refractivity contribution in [3.8, 4) is 0 Å². The van der Waals surface area contributed by atoms with E-state index in [2.05, 4.69) is 4.90 Å². The summed E-state index contributed by atoms with van der Waals surface area (Å²) in [5.41, 5.74) is 5.92. The number of likely N-dealkylation sites (tertiary alicyclic amines) is 1. The van der Waals surface area contributed by atoms with Crippen LogP contribution in [-0.4, -0.2) is 44.7 Å². The van der Waals surface area contributed by atoms with E-state index in [1.165, 1.54) is 0 Å². The van der Waals surface area contributed by atoms with Gasteiger partial charge in [0.05, 0.1) is 10.6 Å². The molecule has 0 saturated carbocycles. The topological polar surface area (TPSA) is 63.4 Å². The van der Waals surface area contributed by atoms with Crippen LogP contribution in [0, 0.1) is 5.92 Å². The normalized spacial score (nSPS) is 19.6. The standard InChI is InChI=1S/C15H23ClN2O2S/c1-12(17)13-6-8-18(9-7-13)10-11-21(19,20)15-4-2-14(16)3-5-15/h2-5,12-13H,6-11,17H2,1H3. The summed E-state index contributed by atoms with van der Waals surface area (Å²) >= 11 is 5.79. The first-order chi connectivity index (χ1) is 9.88. The van der Waals surface area contributed by atoms with Crippen molar-refractivity contribution in [2.75, 3.05) is 25.4 Å². The zero-order valence-electron chi connectivity index (χ0n) is 12.3. The van der Waals surface area contributed by atoms with Crippen molar-refractivity contribution in [3.05, 3.63) is 29.3 Å². The molecule has 2 N–H and O–H groups in total. The molecule has 6 heteroatoms. The second-order valence-electron chi connectivity index (χ2n) is 5.81. The summed E-state index contributed by atoms with van der Waals surface area (Å²) in [5, 5.41) is 0.548. The highest BCUT2D eigenvalue weighted by atomic mass is 35.5. The maximum Gasteiger partial charge on any atom is 0.179 e. The highest BCUT2D eigenvalue weighted by molar-refractivity contribution is 7.91. The van der Waals surface area contributed by atoms with E-state index in [4.69, 9.17) is 17.3 Å². The molecule has 1 atom stereocenters. The highest BCUT2D eigenvalue weighted by Crippen LogP contribution is 2.20. The molecule has 1 heterocycles. The molecule has 1 aliphatic heterocycles. The lowest BCUT2D eigenvalue weighted by Crippen LogP contribution is -2.41. The molecule has 1 aliphatic rings. The van der Waals surface area contributed by atoms with Crippen LogP contribution in [0.15, 0.2) is 29.2 Å². The summed E-state index contributed by atoms with van der Waals surface area (Å²) in [6.07, 6.45) is 2.11. The van der Waals surface area contributed by atoms with Crippen LogP contribution >= 0.6 is 11.6 Å². The van der Waals surface area contributed by atoms with E-state index < -0.39 is 9.84 Å². The minimum absolute atomic E-state index is 0.150. The van der Waals surface area contributed by atoms with Gasteiger partial charge in [0.15, 0.2) is 9.84 Å². The molecule has 2 rings (SSSR count). The zero-order valence-corrected chi connectivity index (χ0v) is 13.9. The number of hydrogen-bond donors (Lipinski definition) is 1. The Balaban J connectivity index is 1.87. The third-order valence-electron chi connectivity index (χ3n) is 4.22. The average Bonchev–Trinajstić information content (AvgIpc) is 2.46. The second kappa shape index (κ2) is 7.09. The summed E-state index contributed by atoms with van der Waals surface area (Å²) in [6.45, 7) is 4.49. The molecule has 0 bridgehead atoms. The van der Waals surface area contributed by atoms with Gasteiger partial charge in [-0.05, 0) is 63.0 Å². The molecule has 0 amide bonds. The van der Waals surface area contributed by atoms with E-state index in [9.17, 15) is 8.42 Å². The van der Waals surface area contributed by atoms with Crippen molar-refractivity contribution >= 4 is 21.4 Å². The Bertz CT molecular complexity index is 550. The predicted octanol–water partition coefficient (Wildman–Crippen LogP) is 2.17. The van der Waals surface area contributed by atoms with Gasteiger partial charge in [0.25, 0.3) is 0 Å². The molecular formula is C15H23ClN2O2S. The van der Waals surface area contributed by atoms with Gasteiger partial charge < -0.3 is 10.6 Å². The monoisotopic (exact) mass is 330 g/mol. The number of piperidine rings is 1. The van der Waals surface area contributed by atoms with Crippen LogP contribution < -0.4 is 5.73 Å². The lowest BCUT2D eigenvalue weighted by Gasteiger charge is -2.33. The third kappa shape index (κ3) is 4.68. The molecule has 0 aliphatic carbocycles. The molecular weight excluding hydrogens is 308 g/mol. The van der Waals surface area contributed by atoms with Gasteiger partial charge in [0.2, 0.25) is 0 Å². The van der Waals surface area contributed by atoms with Crippen molar-refractivity contribution < 1.29 is 8.42 Å². The van der Waals surface area contributed by atoms with E-state index in [0.717, 1.165) is 25.9 Å². The van der Waals surface area contributed by atoms with Crippen LogP contribution in [0.3, 0.4) is 0 Å². The molecule has 1 saturated heterocycles. The molecule has 0 radical (unpaired) electrons. The molecule has 1 aromatic rings. The van der Waals surface area contributed by atoms with E-state index in [-0.39, 0.29) is 11.8 Å². The molecule has 118 valence electrons. The van der Waals surface area contributed by atoms with E-state index in [1.807, 2.05) is 6.92 Å². The first-order valence-electron chi connectivity index (χ1n) is 7.35. The van der Waals surface area contributed by atoms with Crippen LogP contribution in [0.2, 0.25) is 5.02 Å². The minimum Gasteiger partial charge on any atom is -0.328 e. The number of benzene rings is 1. The fourth-order valence-corrected chi connectivity index (χ4v) is 4.12. The summed E-state index contributed by atoms with van der Waals surface area (Å²) in [5.74, 6) is 0.714. The largest absolute Gasteiger partial charge is 0.328 e. The SMILES string of the molecule is CC(N)C1CCN(CCS(=O)(=O)c2ccc(Cl)cc2)CC1. The first kappa shape index (κ1) is 16.7. The number of nitrogens with zero attached hydrogens (tertiary/aromatic N) is 1. The van der Waals surface area contributed by atoms with Gasteiger partial charge in [-0.1, -0.05) is 11.6 Å². The summed E-state index contributed by atoms with van der Waals surface area (Å²) in [6, 6.07) is 6.59. The Morgan fingerprint density at radius 2 is 1.86 bits per heavy atom. The number of hydrogen-bond acceptors (Lipinski definition) is 4. The van der Waals surface area contributed by atoms with Gasteiger partial charge in [0.1, 0.15) is 0 Å². The fourth-order valence-electron chi connectivity index (χ4n) is 2.71. The van der Waals surface area contributed by atoms with Crippen LogP contribution in [0.4, 0.5) is 0 Å². The highest BCUT2D eigenvalue weighted by Gasteiger charge is 2.23. The summed E-state index contributed by atoms with van der Waals surface area (Å²) < 4.78 is 24.5. The van der Waals surface area contributed by atoms with Crippen LogP contribution in [-0.2, 0) is 9.84 Å². The molecule has 0 aromatic heterocycles. The molecule has 1 unspecified atom stereocenters. The average molecular weight is 331 g/mol. The van der Waals surface area contributed by atoms with Crippen LogP contribution in [0.25, 0.3) is 0 Å². The third-order valence-corrected chi connectivity index (χ3v) is 6.19. The molecule has 1 aromatic carbocycles.